The van der Waals surface area contributed by atoms with Crippen LogP contribution in [0.5, 0.6) is 0 Å². The van der Waals surface area contributed by atoms with E-state index in [1.807, 2.05) is 18.3 Å². The number of nitrogens with zero attached hydrogens (tertiary/aromatic N) is 7. The number of rotatable bonds is 3. The van der Waals surface area contributed by atoms with E-state index in [4.69, 9.17) is 10.2 Å². The van der Waals surface area contributed by atoms with Crippen LogP contribution in [0.25, 0.3) is 0 Å². The lowest BCUT2D eigenvalue weighted by Gasteiger charge is -2.36. The lowest BCUT2D eigenvalue weighted by atomic mass is 10.2. The van der Waals surface area contributed by atoms with Crippen molar-refractivity contribution < 1.29 is 0 Å². The summed E-state index contributed by atoms with van der Waals surface area (Å²) in [5.74, 6) is 2.72. The molecule has 7 heteroatoms. The van der Waals surface area contributed by atoms with Crippen molar-refractivity contribution in [1.29, 1.82) is 5.26 Å². The summed E-state index contributed by atoms with van der Waals surface area (Å²) >= 11 is 0. The molecule has 0 atom stereocenters. The van der Waals surface area contributed by atoms with Crippen molar-refractivity contribution in [2.75, 3.05) is 54.0 Å². The Hall–Kier alpha value is -2.88. The number of anilines is 3. The molecule has 2 aliphatic heterocycles. The maximum atomic E-state index is 9.04. The summed E-state index contributed by atoms with van der Waals surface area (Å²) in [6.45, 7) is 5.61. The Morgan fingerprint density at radius 3 is 2.20 bits per heavy atom. The highest BCUT2D eigenvalue weighted by atomic mass is 15.3. The second-order valence-corrected chi connectivity index (χ2v) is 6.40. The normalized spacial score (nSPS) is 17.6. The van der Waals surface area contributed by atoms with E-state index in [1.165, 1.54) is 12.8 Å². The van der Waals surface area contributed by atoms with E-state index in [0.717, 1.165) is 56.9 Å². The molecule has 2 fully saturated rings. The van der Waals surface area contributed by atoms with Gasteiger partial charge in [-0.15, -0.1) is 0 Å². The third kappa shape index (κ3) is 3.33. The second-order valence-electron chi connectivity index (χ2n) is 6.40. The third-order valence-corrected chi connectivity index (χ3v) is 4.82. The number of hydrogen-bond donors (Lipinski definition) is 0. The zero-order chi connectivity index (χ0) is 17.1. The van der Waals surface area contributed by atoms with Gasteiger partial charge in [0.05, 0.1) is 11.6 Å². The minimum atomic E-state index is 0.651. The van der Waals surface area contributed by atoms with Crippen LogP contribution in [0.2, 0.25) is 0 Å². The maximum Gasteiger partial charge on any atom is 0.227 e. The number of nitriles is 1. The Labute approximate surface area is 147 Å². The molecule has 128 valence electrons. The highest BCUT2D eigenvalue weighted by molar-refractivity contribution is 5.49. The van der Waals surface area contributed by atoms with Crippen molar-refractivity contribution in [1.82, 2.24) is 15.0 Å². The molecule has 7 nitrogen and oxygen atoms in total. The second kappa shape index (κ2) is 6.93. The van der Waals surface area contributed by atoms with E-state index in [-0.39, 0.29) is 0 Å². The third-order valence-electron chi connectivity index (χ3n) is 4.82. The molecular formula is C18H21N7. The molecule has 0 amide bonds. The van der Waals surface area contributed by atoms with E-state index < -0.39 is 0 Å². The fourth-order valence-electron chi connectivity index (χ4n) is 3.41. The summed E-state index contributed by atoms with van der Waals surface area (Å²) in [5.41, 5.74) is 0.651. The average molecular weight is 335 g/mol. The van der Waals surface area contributed by atoms with Gasteiger partial charge in [0.2, 0.25) is 5.95 Å². The van der Waals surface area contributed by atoms with Crippen LogP contribution in [0.4, 0.5) is 17.6 Å². The summed E-state index contributed by atoms with van der Waals surface area (Å²) in [6, 6.07) is 7.75. The molecule has 25 heavy (non-hydrogen) atoms. The van der Waals surface area contributed by atoms with Gasteiger partial charge in [-0.25, -0.2) is 9.97 Å². The molecule has 0 saturated carbocycles. The largest absolute Gasteiger partial charge is 0.353 e. The predicted molar refractivity (Wildman–Crippen MR) is 96.9 cm³/mol. The molecule has 4 rings (SSSR count). The topological polar surface area (TPSA) is 72.2 Å². The Morgan fingerprint density at radius 2 is 1.48 bits per heavy atom. The number of pyridine rings is 1. The van der Waals surface area contributed by atoms with Gasteiger partial charge < -0.3 is 14.7 Å². The maximum absolute atomic E-state index is 9.04. The van der Waals surface area contributed by atoms with Gasteiger partial charge in [0.1, 0.15) is 11.6 Å². The van der Waals surface area contributed by atoms with Crippen LogP contribution in [-0.2, 0) is 0 Å². The molecule has 0 unspecified atom stereocenters. The summed E-state index contributed by atoms with van der Waals surface area (Å²) < 4.78 is 0. The summed E-state index contributed by atoms with van der Waals surface area (Å²) in [6.07, 6.45) is 6.01. The van der Waals surface area contributed by atoms with Crippen LogP contribution in [-0.4, -0.2) is 54.2 Å². The van der Waals surface area contributed by atoms with Crippen molar-refractivity contribution in [3.05, 3.63) is 36.2 Å². The number of hydrogen-bond acceptors (Lipinski definition) is 7. The zero-order valence-electron chi connectivity index (χ0n) is 14.2. The highest BCUT2D eigenvalue weighted by Gasteiger charge is 2.21. The SMILES string of the molecule is N#Cc1ccnc(N2CCN(c3ccnc(N4CCCC4)n3)CC2)c1. The molecular weight excluding hydrogens is 314 g/mol. The zero-order valence-corrected chi connectivity index (χ0v) is 14.2. The van der Waals surface area contributed by atoms with Crippen molar-refractivity contribution in [2.45, 2.75) is 12.8 Å². The standard InChI is InChI=1S/C18H21N7/c19-14-15-3-5-20-17(13-15)24-11-9-23(10-12-24)16-4-6-21-18(22-16)25-7-1-2-8-25/h3-6,13H,1-2,7-12H2. The Morgan fingerprint density at radius 1 is 0.800 bits per heavy atom. The van der Waals surface area contributed by atoms with Crippen molar-refractivity contribution in [3.8, 4) is 6.07 Å². The fourth-order valence-corrected chi connectivity index (χ4v) is 3.41. The quantitative estimate of drug-likeness (QED) is 0.845. The van der Waals surface area contributed by atoms with Gasteiger partial charge in [-0.1, -0.05) is 0 Å². The van der Waals surface area contributed by atoms with Gasteiger partial charge in [-0.3, -0.25) is 0 Å². The van der Waals surface area contributed by atoms with Crippen LogP contribution in [0.15, 0.2) is 30.6 Å². The van der Waals surface area contributed by atoms with Crippen LogP contribution in [0.1, 0.15) is 18.4 Å². The van der Waals surface area contributed by atoms with E-state index >= 15 is 0 Å². The molecule has 0 spiro atoms. The first-order valence-corrected chi connectivity index (χ1v) is 8.77. The molecule has 2 aliphatic rings. The van der Waals surface area contributed by atoms with E-state index in [0.29, 0.717) is 5.56 Å². The average Bonchev–Trinajstić information content (AvgIpc) is 3.23. The molecule has 2 aromatic heterocycles. The molecule has 0 radical (unpaired) electrons. The monoisotopic (exact) mass is 335 g/mol. The van der Waals surface area contributed by atoms with Crippen LogP contribution < -0.4 is 14.7 Å². The minimum absolute atomic E-state index is 0.651. The molecule has 0 N–H and O–H groups in total. The molecule has 0 bridgehead atoms. The van der Waals surface area contributed by atoms with Crippen LogP contribution in [0.3, 0.4) is 0 Å². The number of aromatic nitrogens is 3. The molecule has 0 aliphatic carbocycles. The Balaban J connectivity index is 1.43. The van der Waals surface area contributed by atoms with Gasteiger partial charge in [-0.2, -0.15) is 10.2 Å². The fraction of sp³-hybridized carbons (Fsp3) is 0.444. The predicted octanol–water partition coefficient (Wildman–Crippen LogP) is 1.67. The first kappa shape index (κ1) is 15.6. The van der Waals surface area contributed by atoms with E-state index in [1.54, 1.807) is 12.3 Å². The van der Waals surface area contributed by atoms with Gasteiger partial charge in [0.15, 0.2) is 0 Å². The Kier molecular flexibility index (Phi) is 4.34. The highest BCUT2D eigenvalue weighted by Crippen LogP contribution is 2.21. The van der Waals surface area contributed by atoms with Crippen LogP contribution in [0, 0.1) is 11.3 Å². The molecule has 2 saturated heterocycles. The van der Waals surface area contributed by atoms with Gasteiger partial charge >= 0.3 is 0 Å². The summed E-state index contributed by atoms with van der Waals surface area (Å²) in [4.78, 5) is 20.4. The lowest BCUT2D eigenvalue weighted by molar-refractivity contribution is 0.640. The van der Waals surface area contributed by atoms with Gasteiger partial charge in [0, 0.05) is 51.7 Å². The van der Waals surface area contributed by atoms with E-state index in [2.05, 4.69) is 30.7 Å². The smallest absolute Gasteiger partial charge is 0.227 e. The lowest BCUT2D eigenvalue weighted by Crippen LogP contribution is -2.47. The summed E-state index contributed by atoms with van der Waals surface area (Å²) in [5, 5.41) is 9.04. The van der Waals surface area contributed by atoms with Crippen LogP contribution >= 0.6 is 0 Å². The van der Waals surface area contributed by atoms with Crippen molar-refractivity contribution in [3.63, 3.8) is 0 Å². The molecule has 0 aromatic carbocycles. The van der Waals surface area contributed by atoms with Crippen molar-refractivity contribution >= 4 is 17.6 Å². The summed E-state index contributed by atoms with van der Waals surface area (Å²) in [7, 11) is 0. The number of piperazine rings is 1. The minimum Gasteiger partial charge on any atom is -0.353 e. The Bertz CT molecular complexity index is 771. The van der Waals surface area contributed by atoms with Gasteiger partial charge in [0.25, 0.3) is 0 Å². The molecule has 2 aromatic rings. The van der Waals surface area contributed by atoms with E-state index in [9.17, 15) is 0 Å². The first-order valence-electron chi connectivity index (χ1n) is 8.77. The first-order chi connectivity index (χ1) is 12.3. The van der Waals surface area contributed by atoms with Crippen molar-refractivity contribution in [2.24, 2.45) is 0 Å². The van der Waals surface area contributed by atoms with Gasteiger partial charge in [-0.05, 0) is 31.0 Å². The molecule has 4 heterocycles.